The van der Waals surface area contributed by atoms with E-state index in [0.29, 0.717) is 38.8 Å². The van der Waals surface area contributed by atoms with Gasteiger partial charge in [-0.1, -0.05) is 13.3 Å². The zero-order valence-corrected chi connectivity index (χ0v) is 11.0. The summed E-state index contributed by atoms with van der Waals surface area (Å²) in [6.45, 7) is 4.54. The number of carbonyl (C=O) groups excluding carboxylic acids is 1. The van der Waals surface area contributed by atoms with Crippen LogP contribution in [0.15, 0.2) is 0 Å². The van der Waals surface area contributed by atoms with Gasteiger partial charge in [0.1, 0.15) is 6.04 Å². The zero-order chi connectivity index (χ0) is 13.8. The summed E-state index contributed by atoms with van der Waals surface area (Å²) in [5, 5.41) is 21.3. The minimum atomic E-state index is -1.01. The highest BCUT2D eigenvalue weighted by atomic mass is 16.4. The van der Waals surface area contributed by atoms with Crippen LogP contribution in [0, 0.1) is 0 Å². The number of aliphatic carboxylic acids is 1. The Labute approximate surface area is 107 Å². The molecule has 6 nitrogen and oxygen atoms in total. The number of carboxylic acid groups (broad SMARTS) is 1. The lowest BCUT2D eigenvalue weighted by atomic mass is 9.94. The molecule has 0 aliphatic carbocycles. The van der Waals surface area contributed by atoms with Crippen molar-refractivity contribution in [1.82, 2.24) is 10.2 Å². The summed E-state index contributed by atoms with van der Waals surface area (Å²) in [6, 6.07) is -1.18. The molecule has 0 spiro atoms. The van der Waals surface area contributed by atoms with Gasteiger partial charge in [-0.25, -0.2) is 9.59 Å². The molecule has 3 N–H and O–H groups in total. The number of carbonyl (C=O) groups is 2. The fourth-order valence-corrected chi connectivity index (χ4v) is 1.98. The Hall–Kier alpha value is -1.30. The second kappa shape index (κ2) is 6.04. The number of amides is 2. The van der Waals surface area contributed by atoms with Crippen molar-refractivity contribution < 1.29 is 19.8 Å². The maximum absolute atomic E-state index is 11.9. The van der Waals surface area contributed by atoms with Gasteiger partial charge in [-0.05, 0) is 26.2 Å². The third-order valence-electron chi connectivity index (χ3n) is 3.30. The van der Waals surface area contributed by atoms with Crippen LogP contribution in [0.5, 0.6) is 0 Å². The van der Waals surface area contributed by atoms with Gasteiger partial charge < -0.3 is 20.4 Å². The Morgan fingerprint density at radius 1 is 1.39 bits per heavy atom. The first-order valence-corrected chi connectivity index (χ1v) is 6.36. The molecular weight excluding hydrogens is 236 g/mol. The van der Waals surface area contributed by atoms with Crippen molar-refractivity contribution in [2.24, 2.45) is 0 Å². The molecule has 1 rings (SSSR count). The third-order valence-corrected chi connectivity index (χ3v) is 3.30. The van der Waals surface area contributed by atoms with Crippen molar-refractivity contribution in [2.75, 3.05) is 13.1 Å². The first-order chi connectivity index (χ1) is 8.35. The number of carboxylic acids is 1. The van der Waals surface area contributed by atoms with Crippen LogP contribution >= 0.6 is 0 Å². The number of hydrogen-bond donors (Lipinski definition) is 3. The molecule has 1 fully saturated rings. The average molecular weight is 258 g/mol. The van der Waals surface area contributed by atoms with Crippen LogP contribution in [0.1, 0.15) is 39.5 Å². The lowest BCUT2D eigenvalue weighted by molar-refractivity contribution is -0.139. The second-order valence-electron chi connectivity index (χ2n) is 5.11. The summed E-state index contributed by atoms with van der Waals surface area (Å²) < 4.78 is 0. The fourth-order valence-electron chi connectivity index (χ4n) is 1.98. The molecule has 1 aliphatic heterocycles. The quantitative estimate of drug-likeness (QED) is 0.695. The molecule has 0 bridgehead atoms. The van der Waals surface area contributed by atoms with Crippen LogP contribution in [0.25, 0.3) is 0 Å². The molecular formula is C12H22N2O4. The summed E-state index contributed by atoms with van der Waals surface area (Å²) in [5.41, 5.74) is -0.716. The highest BCUT2D eigenvalue weighted by Crippen LogP contribution is 2.21. The first-order valence-electron chi connectivity index (χ1n) is 6.36. The fraction of sp³-hybridized carbons (Fsp3) is 0.833. The van der Waals surface area contributed by atoms with Gasteiger partial charge in [0, 0.05) is 13.1 Å². The van der Waals surface area contributed by atoms with E-state index in [1.165, 1.54) is 0 Å². The molecule has 0 saturated carbocycles. The monoisotopic (exact) mass is 258 g/mol. The minimum Gasteiger partial charge on any atom is -0.480 e. The van der Waals surface area contributed by atoms with Crippen LogP contribution in [0.2, 0.25) is 0 Å². The van der Waals surface area contributed by atoms with Gasteiger partial charge in [-0.3, -0.25) is 0 Å². The Balaban J connectivity index is 2.47. The molecule has 0 radical (unpaired) electrons. The smallest absolute Gasteiger partial charge is 0.326 e. The molecule has 1 aliphatic rings. The molecule has 1 unspecified atom stereocenters. The molecule has 18 heavy (non-hydrogen) atoms. The Morgan fingerprint density at radius 3 is 2.39 bits per heavy atom. The lowest BCUT2D eigenvalue weighted by Crippen LogP contribution is -2.52. The third kappa shape index (κ3) is 4.18. The molecule has 1 saturated heterocycles. The number of piperidine rings is 1. The summed E-state index contributed by atoms with van der Waals surface area (Å²) in [7, 11) is 0. The Kier molecular flexibility index (Phi) is 4.95. The average Bonchev–Trinajstić information content (AvgIpc) is 2.28. The highest BCUT2D eigenvalue weighted by Gasteiger charge is 2.30. The summed E-state index contributed by atoms with van der Waals surface area (Å²) in [4.78, 5) is 24.4. The van der Waals surface area contributed by atoms with Gasteiger partial charge >= 0.3 is 12.0 Å². The van der Waals surface area contributed by atoms with Gasteiger partial charge in [0.05, 0.1) is 5.60 Å². The van der Waals surface area contributed by atoms with Crippen LogP contribution in [-0.4, -0.2) is 51.8 Å². The number of likely N-dealkylation sites (tertiary alicyclic amines) is 1. The van der Waals surface area contributed by atoms with Crippen molar-refractivity contribution in [2.45, 2.75) is 51.2 Å². The van der Waals surface area contributed by atoms with E-state index in [9.17, 15) is 14.7 Å². The summed E-state index contributed by atoms with van der Waals surface area (Å²) in [6.07, 6.45) is 2.16. The SMILES string of the molecule is CCCC(NC(=O)N1CCC(C)(O)CC1)C(=O)O. The van der Waals surface area contributed by atoms with Crippen molar-refractivity contribution in [3.63, 3.8) is 0 Å². The molecule has 104 valence electrons. The van der Waals surface area contributed by atoms with Crippen LogP contribution < -0.4 is 5.32 Å². The van der Waals surface area contributed by atoms with Crippen LogP contribution in [-0.2, 0) is 4.79 Å². The number of rotatable bonds is 4. The van der Waals surface area contributed by atoms with Crippen molar-refractivity contribution >= 4 is 12.0 Å². The number of hydrogen-bond acceptors (Lipinski definition) is 3. The second-order valence-corrected chi connectivity index (χ2v) is 5.11. The van der Waals surface area contributed by atoms with E-state index in [1.54, 1.807) is 11.8 Å². The molecule has 2 amide bonds. The van der Waals surface area contributed by atoms with Gasteiger partial charge in [0.25, 0.3) is 0 Å². The van der Waals surface area contributed by atoms with Gasteiger partial charge in [-0.15, -0.1) is 0 Å². The highest BCUT2D eigenvalue weighted by molar-refractivity contribution is 5.82. The number of nitrogens with zero attached hydrogens (tertiary/aromatic N) is 1. The van der Waals surface area contributed by atoms with E-state index in [4.69, 9.17) is 5.11 Å². The topological polar surface area (TPSA) is 89.9 Å². The largest absolute Gasteiger partial charge is 0.480 e. The van der Waals surface area contributed by atoms with Gasteiger partial charge in [0.2, 0.25) is 0 Å². The zero-order valence-electron chi connectivity index (χ0n) is 11.0. The standard InChI is InChI=1S/C12H22N2O4/c1-3-4-9(10(15)16)13-11(17)14-7-5-12(2,18)6-8-14/h9,18H,3-8H2,1-2H3,(H,13,17)(H,15,16). The molecule has 1 atom stereocenters. The number of urea groups is 1. The van der Waals surface area contributed by atoms with E-state index in [-0.39, 0.29) is 6.03 Å². The molecule has 6 heteroatoms. The van der Waals surface area contributed by atoms with E-state index < -0.39 is 17.6 Å². The summed E-state index contributed by atoms with van der Waals surface area (Å²) >= 11 is 0. The predicted molar refractivity (Wildman–Crippen MR) is 66.3 cm³/mol. The normalized spacial score (nSPS) is 20.3. The lowest BCUT2D eigenvalue weighted by Gasteiger charge is -2.36. The molecule has 0 aromatic carbocycles. The number of aliphatic hydroxyl groups is 1. The minimum absolute atomic E-state index is 0.355. The Bertz CT molecular complexity index is 307. The molecule has 0 aromatic heterocycles. The maximum Gasteiger partial charge on any atom is 0.326 e. The Morgan fingerprint density at radius 2 is 1.94 bits per heavy atom. The van der Waals surface area contributed by atoms with Gasteiger partial charge in [0.15, 0.2) is 0 Å². The molecule has 1 heterocycles. The molecule has 0 aromatic rings. The predicted octanol–water partition coefficient (Wildman–Crippen LogP) is 0.796. The van der Waals surface area contributed by atoms with Gasteiger partial charge in [-0.2, -0.15) is 0 Å². The van der Waals surface area contributed by atoms with Crippen LogP contribution in [0.4, 0.5) is 4.79 Å². The maximum atomic E-state index is 11.9. The van der Waals surface area contributed by atoms with E-state index in [0.717, 1.165) is 0 Å². The van der Waals surface area contributed by atoms with Crippen molar-refractivity contribution in [3.8, 4) is 0 Å². The number of nitrogens with one attached hydrogen (secondary N) is 1. The first kappa shape index (κ1) is 14.8. The van der Waals surface area contributed by atoms with E-state index >= 15 is 0 Å². The van der Waals surface area contributed by atoms with Crippen molar-refractivity contribution in [1.29, 1.82) is 0 Å². The van der Waals surface area contributed by atoms with E-state index in [2.05, 4.69) is 5.32 Å². The van der Waals surface area contributed by atoms with E-state index in [1.807, 2.05) is 6.92 Å². The van der Waals surface area contributed by atoms with Crippen LogP contribution in [0.3, 0.4) is 0 Å². The van der Waals surface area contributed by atoms with Crippen molar-refractivity contribution in [3.05, 3.63) is 0 Å². The summed E-state index contributed by atoms with van der Waals surface area (Å²) in [5.74, 6) is -1.01.